The Morgan fingerprint density at radius 2 is 1.76 bits per heavy atom. The highest BCUT2D eigenvalue weighted by molar-refractivity contribution is 5.93. The molecule has 1 heterocycles. The van der Waals surface area contributed by atoms with Crippen LogP contribution in [0.15, 0.2) is 48.5 Å². The van der Waals surface area contributed by atoms with Crippen LogP contribution in [-0.2, 0) is 0 Å². The van der Waals surface area contributed by atoms with Gasteiger partial charge in [0.2, 0.25) is 0 Å². The molecule has 128 valence electrons. The van der Waals surface area contributed by atoms with Crippen LogP contribution in [0.25, 0.3) is 5.69 Å². The summed E-state index contributed by atoms with van der Waals surface area (Å²) in [5.41, 5.74) is 5.42. The first-order valence-electron chi connectivity index (χ1n) is 8.33. The van der Waals surface area contributed by atoms with E-state index in [1.807, 2.05) is 62.4 Å². The lowest BCUT2D eigenvalue weighted by Crippen LogP contribution is -2.27. The molecule has 1 N–H and O–H groups in total. The van der Waals surface area contributed by atoms with Crippen LogP contribution in [0.4, 0.5) is 0 Å². The van der Waals surface area contributed by atoms with Crippen LogP contribution < -0.4 is 5.32 Å². The first-order valence-corrected chi connectivity index (χ1v) is 8.33. The number of nitrogens with one attached hydrogen (secondary N) is 1. The molecule has 3 rings (SSSR count). The Hall–Kier alpha value is -2.95. The lowest BCUT2D eigenvalue weighted by Gasteiger charge is -2.13. The Balaban J connectivity index is 1.83. The number of carbonyl (C=O) groups is 1. The Kier molecular flexibility index (Phi) is 4.65. The third-order valence-electron chi connectivity index (χ3n) is 4.49. The maximum Gasteiger partial charge on any atom is 0.274 e. The van der Waals surface area contributed by atoms with E-state index in [4.69, 9.17) is 0 Å². The molecule has 0 fully saturated rings. The predicted octanol–water partition coefficient (Wildman–Crippen LogP) is 3.68. The van der Waals surface area contributed by atoms with Crippen molar-refractivity contribution in [3.8, 4) is 5.69 Å². The molecule has 0 unspecified atom stereocenters. The fraction of sp³-hybridized carbons (Fsp3) is 0.250. The molecule has 25 heavy (non-hydrogen) atoms. The third-order valence-corrected chi connectivity index (χ3v) is 4.49. The van der Waals surface area contributed by atoms with E-state index in [9.17, 15) is 4.79 Å². The second-order valence-corrected chi connectivity index (χ2v) is 6.31. The minimum atomic E-state index is -0.219. The summed E-state index contributed by atoms with van der Waals surface area (Å²) in [5, 5.41) is 11.2. The van der Waals surface area contributed by atoms with Gasteiger partial charge in [0.05, 0.1) is 17.4 Å². The summed E-state index contributed by atoms with van der Waals surface area (Å²) < 4.78 is 1.70. The first kappa shape index (κ1) is 16.9. The monoisotopic (exact) mass is 334 g/mol. The van der Waals surface area contributed by atoms with Crippen molar-refractivity contribution in [1.82, 2.24) is 20.3 Å². The minimum absolute atomic E-state index is 0.0973. The lowest BCUT2D eigenvalue weighted by molar-refractivity contribution is 0.0934. The molecule has 5 heteroatoms. The van der Waals surface area contributed by atoms with E-state index in [-0.39, 0.29) is 11.9 Å². The number of benzene rings is 2. The van der Waals surface area contributed by atoms with Gasteiger partial charge in [0.25, 0.3) is 5.91 Å². The fourth-order valence-corrected chi connectivity index (χ4v) is 2.73. The predicted molar refractivity (Wildman–Crippen MR) is 97.9 cm³/mol. The summed E-state index contributed by atoms with van der Waals surface area (Å²) in [7, 11) is 0. The molecule has 3 aromatic rings. The number of rotatable bonds is 4. The Morgan fingerprint density at radius 3 is 2.44 bits per heavy atom. The van der Waals surface area contributed by atoms with Crippen LogP contribution in [0, 0.1) is 20.8 Å². The largest absolute Gasteiger partial charge is 0.344 e. The average molecular weight is 334 g/mol. The fourth-order valence-electron chi connectivity index (χ4n) is 2.73. The van der Waals surface area contributed by atoms with Gasteiger partial charge in [-0.3, -0.25) is 4.79 Å². The third kappa shape index (κ3) is 3.45. The average Bonchev–Trinajstić information content (AvgIpc) is 2.99. The highest BCUT2D eigenvalue weighted by Crippen LogP contribution is 2.17. The van der Waals surface area contributed by atoms with Gasteiger partial charge in [0.15, 0.2) is 5.69 Å². The van der Waals surface area contributed by atoms with Gasteiger partial charge in [-0.15, -0.1) is 5.10 Å². The van der Waals surface area contributed by atoms with Crippen LogP contribution in [0.2, 0.25) is 0 Å². The summed E-state index contributed by atoms with van der Waals surface area (Å²) in [6.45, 7) is 7.94. The van der Waals surface area contributed by atoms with Crippen molar-refractivity contribution >= 4 is 5.91 Å². The van der Waals surface area contributed by atoms with Crippen molar-refractivity contribution in [3.63, 3.8) is 0 Å². The summed E-state index contributed by atoms with van der Waals surface area (Å²) in [6, 6.07) is 15.8. The molecule has 1 atom stereocenters. The van der Waals surface area contributed by atoms with Gasteiger partial charge in [-0.05, 0) is 56.5 Å². The van der Waals surface area contributed by atoms with Crippen molar-refractivity contribution in [2.45, 2.75) is 33.7 Å². The summed E-state index contributed by atoms with van der Waals surface area (Å²) in [5.74, 6) is -0.219. The summed E-state index contributed by atoms with van der Waals surface area (Å²) >= 11 is 0. The zero-order valence-corrected chi connectivity index (χ0v) is 14.9. The first-order chi connectivity index (χ1) is 12.0. The second kappa shape index (κ2) is 6.89. The van der Waals surface area contributed by atoms with E-state index >= 15 is 0 Å². The van der Waals surface area contributed by atoms with Crippen molar-refractivity contribution in [1.29, 1.82) is 0 Å². The second-order valence-electron chi connectivity index (χ2n) is 6.31. The number of carbonyl (C=O) groups excluding carboxylic acids is 1. The molecular formula is C20H22N4O. The van der Waals surface area contributed by atoms with Crippen LogP contribution in [0.3, 0.4) is 0 Å². The normalized spacial score (nSPS) is 12.0. The van der Waals surface area contributed by atoms with Crippen LogP contribution >= 0.6 is 0 Å². The zero-order chi connectivity index (χ0) is 18.0. The van der Waals surface area contributed by atoms with Gasteiger partial charge in [-0.1, -0.05) is 41.6 Å². The van der Waals surface area contributed by atoms with Gasteiger partial charge >= 0.3 is 0 Å². The van der Waals surface area contributed by atoms with Crippen LogP contribution in [0.5, 0.6) is 0 Å². The standard InChI is InChI=1S/C20H22N4O/c1-13-10-11-18(12-14(13)2)24-16(4)19(22-23-24)20(25)21-15(3)17-8-6-5-7-9-17/h5-12,15H,1-4H3,(H,21,25)/t15-/m1/s1. The number of nitrogens with zero attached hydrogens (tertiary/aromatic N) is 3. The maximum absolute atomic E-state index is 12.6. The quantitative estimate of drug-likeness (QED) is 0.792. The Bertz CT molecular complexity index is 899. The van der Waals surface area contributed by atoms with Gasteiger partial charge in [0.1, 0.15) is 0 Å². The van der Waals surface area contributed by atoms with Crippen molar-refractivity contribution in [2.75, 3.05) is 0 Å². The molecule has 0 saturated carbocycles. The molecule has 1 aromatic heterocycles. The van der Waals surface area contributed by atoms with E-state index in [1.165, 1.54) is 11.1 Å². The van der Waals surface area contributed by atoms with Gasteiger partial charge in [0, 0.05) is 0 Å². The highest BCUT2D eigenvalue weighted by atomic mass is 16.2. The molecule has 0 radical (unpaired) electrons. The van der Waals surface area contributed by atoms with E-state index < -0.39 is 0 Å². The molecule has 0 aliphatic heterocycles. The van der Waals surface area contributed by atoms with E-state index in [1.54, 1.807) is 4.68 Å². The molecule has 1 amide bonds. The Labute approximate surface area is 147 Å². The van der Waals surface area contributed by atoms with Gasteiger partial charge < -0.3 is 5.32 Å². The molecule has 0 aliphatic carbocycles. The minimum Gasteiger partial charge on any atom is -0.344 e. The summed E-state index contributed by atoms with van der Waals surface area (Å²) in [4.78, 5) is 12.6. The molecule has 0 spiro atoms. The molecule has 5 nitrogen and oxygen atoms in total. The summed E-state index contributed by atoms with van der Waals surface area (Å²) in [6.07, 6.45) is 0. The topological polar surface area (TPSA) is 59.8 Å². The highest BCUT2D eigenvalue weighted by Gasteiger charge is 2.19. The van der Waals surface area contributed by atoms with Crippen molar-refractivity contribution in [3.05, 3.63) is 76.6 Å². The number of hydrogen-bond acceptors (Lipinski definition) is 3. The van der Waals surface area contributed by atoms with Crippen LogP contribution in [0.1, 0.15) is 45.8 Å². The Morgan fingerprint density at radius 1 is 1.04 bits per heavy atom. The number of aromatic nitrogens is 3. The molecule has 2 aromatic carbocycles. The van der Waals surface area contributed by atoms with E-state index in [0.29, 0.717) is 5.69 Å². The molecule has 0 bridgehead atoms. The van der Waals surface area contributed by atoms with Crippen molar-refractivity contribution < 1.29 is 4.79 Å². The zero-order valence-electron chi connectivity index (χ0n) is 14.9. The number of aryl methyl sites for hydroxylation is 2. The molecular weight excluding hydrogens is 312 g/mol. The van der Waals surface area contributed by atoms with E-state index in [2.05, 4.69) is 29.5 Å². The maximum atomic E-state index is 12.6. The lowest BCUT2D eigenvalue weighted by atomic mass is 10.1. The smallest absolute Gasteiger partial charge is 0.274 e. The van der Waals surface area contributed by atoms with Gasteiger partial charge in [-0.25, -0.2) is 4.68 Å². The number of hydrogen-bond donors (Lipinski definition) is 1. The molecule has 0 saturated heterocycles. The van der Waals surface area contributed by atoms with E-state index in [0.717, 1.165) is 16.9 Å². The van der Waals surface area contributed by atoms with Crippen LogP contribution in [-0.4, -0.2) is 20.9 Å². The van der Waals surface area contributed by atoms with Crippen molar-refractivity contribution in [2.24, 2.45) is 0 Å². The number of amides is 1. The van der Waals surface area contributed by atoms with Gasteiger partial charge in [-0.2, -0.15) is 0 Å². The SMILES string of the molecule is Cc1ccc(-n2nnc(C(=O)N[C@H](C)c3ccccc3)c2C)cc1C. The molecule has 0 aliphatic rings.